The molecule has 2 heterocycles. The third kappa shape index (κ3) is 3.93. The minimum atomic E-state index is -0.330. The first-order valence-corrected chi connectivity index (χ1v) is 9.68. The highest BCUT2D eigenvalue weighted by molar-refractivity contribution is 7.98. The maximum Gasteiger partial charge on any atom is 0.255 e. The van der Waals surface area contributed by atoms with Crippen LogP contribution in [0.15, 0.2) is 33.7 Å². The molecule has 2 aromatic rings. The standard InChI is InChI=1S/C19H23N3O3S/c1-12-16(13(2)25-21-12)11-26-17-8-4-3-7-15(17)19(24)22-9-5-6-14(10-22)18(20)23/h3-4,7-8,14H,5-6,9-11H2,1-2H3,(H2,20,23). The molecule has 0 spiro atoms. The summed E-state index contributed by atoms with van der Waals surface area (Å²) < 4.78 is 5.21. The van der Waals surface area contributed by atoms with E-state index in [9.17, 15) is 9.59 Å². The lowest BCUT2D eigenvalue weighted by Crippen LogP contribution is -2.44. The predicted octanol–water partition coefficient (Wildman–Crippen LogP) is 2.92. The van der Waals surface area contributed by atoms with Gasteiger partial charge in [-0.2, -0.15) is 0 Å². The van der Waals surface area contributed by atoms with Crippen molar-refractivity contribution in [3.8, 4) is 0 Å². The predicted molar refractivity (Wildman–Crippen MR) is 99.8 cm³/mol. The zero-order valence-corrected chi connectivity index (χ0v) is 15.8. The molecule has 2 N–H and O–H groups in total. The van der Waals surface area contributed by atoms with Crippen LogP contribution in [0.1, 0.15) is 40.2 Å². The largest absolute Gasteiger partial charge is 0.369 e. The maximum atomic E-state index is 13.0. The molecule has 0 saturated carbocycles. The lowest BCUT2D eigenvalue weighted by Gasteiger charge is -2.31. The number of hydrogen-bond donors (Lipinski definition) is 1. The molecule has 26 heavy (non-hydrogen) atoms. The molecule has 0 bridgehead atoms. The van der Waals surface area contributed by atoms with Crippen LogP contribution < -0.4 is 5.73 Å². The van der Waals surface area contributed by atoms with Gasteiger partial charge in [0.2, 0.25) is 5.91 Å². The fraction of sp³-hybridized carbons (Fsp3) is 0.421. The van der Waals surface area contributed by atoms with Crippen LogP contribution in [-0.4, -0.2) is 35.0 Å². The zero-order chi connectivity index (χ0) is 18.7. The van der Waals surface area contributed by atoms with E-state index in [-0.39, 0.29) is 17.7 Å². The van der Waals surface area contributed by atoms with Crippen molar-refractivity contribution >= 4 is 23.6 Å². The number of nitrogens with zero attached hydrogens (tertiary/aromatic N) is 2. The molecule has 1 unspecified atom stereocenters. The van der Waals surface area contributed by atoms with Gasteiger partial charge in [0, 0.05) is 29.3 Å². The van der Waals surface area contributed by atoms with Crippen LogP contribution in [0.4, 0.5) is 0 Å². The highest BCUT2D eigenvalue weighted by Gasteiger charge is 2.28. The summed E-state index contributed by atoms with van der Waals surface area (Å²) >= 11 is 1.59. The number of likely N-dealkylation sites (tertiary alicyclic amines) is 1. The highest BCUT2D eigenvalue weighted by Crippen LogP contribution is 2.30. The van der Waals surface area contributed by atoms with Gasteiger partial charge in [0.05, 0.1) is 17.2 Å². The normalized spacial score (nSPS) is 17.3. The van der Waals surface area contributed by atoms with Gasteiger partial charge in [0.15, 0.2) is 0 Å². The molecule has 1 fully saturated rings. The van der Waals surface area contributed by atoms with Crippen LogP contribution in [-0.2, 0) is 10.5 Å². The molecule has 0 radical (unpaired) electrons. The number of carbonyl (C=O) groups excluding carboxylic acids is 2. The Hall–Kier alpha value is -2.28. The Balaban J connectivity index is 1.76. The van der Waals surface area contributed by atoms with E-state index < -0.39 is 0 Å². The van der Waals surface area contributed by atoms with Crippen molar-refractivity contribution in [3.63, 3.8) is 0 Å². The Morgan fingerprint density at radius 1 is 1.35 bits per heavy atom. The second-order valence-corrected chi connectivity index (χ2v) is 7.60. The molecule has 1 aromatic heterocycles. The summed E-state index contributed by atoms with van der Waals surface area (Å²) in [5.41, 5.74) is 8.03. The SMILES string of the molecule is Cc1noc(C)c1CSc1ccccc1C(=O)N1CCCC(C(N)=O)C1. The summed E-state index contributed by atoms with van der Waals surface area (Å²) in [4.78, 5) is 27.2. The van der Waals surface area contributed by atoms with Gasteiger partial charge in [0.25, 0.3) is 5.91 Å². The fourth-order valence-corrected chi connectivity index (χ4v) is 4.39. The average Bonchev–Trinajstić information content (AvgIpc) is 2.97. The number of primary amides is 1. The number of aryl methyl sites for hydroxylation is 2. The van der Waals surface area contributed by atoms with E-state index in [0.717, 1.165) is 34.8 Å². The second kappa shape index (κ2) is 7.95. The molecule has 1 aliphatic rings. The Labute approximate surface area is 157 Å². The average molecular weight is 373 g/mol. The minimum Gasteiger partial charge on any atom is -0.369 e. The topological polar surface area (TPSA) is 89.4 Å². The van der Waals surface area contributed by atoms with Crippen molar-refractivity contribution in [1.82, 2.24) is 10.1 Å². The Morgan fingerprint density at radius 2 is 2.12 bits per heavy atom. The van der Waals surface area contributed by atoms with Gasteiger partial charge < -0.3 is 15.2 Å². The number of benzene rings is 1. The van der Waals surface area contributed by atoms with Crippen LogP contribution in [0.2, 0.25) is 0 Å². The van der Waals surface area contributed by atoms with Crippen LogP contribution in [0.5, 0.6) is 0 Å². The fourth-order valence-electron chi connectivity index (χ4n) is 3.19. The number of rotatable bonds is 5. The lowest BCUT2D eigenvalue weighted by atomic mass is 9.97. The minimum absolute atomic E-state index is 0.0437. The van der Waals surface area contributed by atoms with Crippen molar-refractivity contribution in [2.75, 3.05) is 13.1 Å². The van der Waals surface area contributed by atoms with Crippen molar-refractivity contribution in [3.05, 3.63) is 46.8 Å². The van der Waals surface area contributed by atoms with Gasteiger partial charge in [-0.25, -0.2) is 0 Å². The molecular formula is C19H23N3O3S. The molecule has 3 rings (SSSR count). The van der Waals surface area contributed by atoms with E-state index in [1.165, 1.54) is 0 Å². The third-order valence-electron chi connectivity index (χ3n) is 4.78. The maximum absolute atomic E-state index is 13.0. The lowest BCUT2D eigenvalue weighted by molar-refractivity contribution is -0.123. The molecule has 7 heteroatoms. The second-order valence-electron chi connectivity index (χ2n) is 6.58. The number of thioether (sulfide) groups is 1. The highest BCUT2D eigenvalue weighted by atomic mass is 32.2. The summed E-state index contributed by atoms with van der Waals surface area (Å²) in [7, 11) is 0. The van der Waals surface area contributed by atoms with E-state index in [4.69, 9.17) is 10.3 Å². The van der Waals surface area contributed by atoms with Crippen molar-refractivity contribution in [2.45, 2.75) is 37.3 Å². The monoisotopic (exact) mass is 373 g/mol. The van der Waals surface area contributed by atoms with Gasteiger partial charge in [-0.3, -0.25) is 9.59 Å². The molecule has 1 aromatic carbocycles. The number of amides is 2. The van der Waals surface area contributed by atoms with Gasteiger partial charge in [-0.1, -0.05) is 17.3 Å². The molecule has 1 aliphatic heterocycles. The molecule has 1 saturated heterocycles. The third-order valence-corrected chi connectivity index (χ3v) is 5.88. The first kappa shape index (κ1) is 18.5. The van der Waals surface area contributed by atoms with Gasteiger partial charge >= 0.3 is 0 Å². The van der Waals surface area contributed by atoms with Gasteiger partial charge in [-0.05, 0) is 38.8 Å². The Bertz CT molecular complexity index is 799. The van der Waals surface area contributed by atoms with Gasteiger partial charge in [0.1, 0.15) is 5.76 Å². The summed E-state index contributed by atoms with van der Waals surface area (Å²) in [6, 6.07) is 7.58. The van der Waals surface area contributed by atoms with E-state index in [0.29, 0.717) is 24.4 Å². The number of carbonyl (C=O) groups is 2. The van der Waals surface area contributed by atoms with Crippen molar-refractivity contribution < 1.29 is 14.1 Å². The van der Waals surface area contributed by atoms with E-state index >= 15 is 0 Å². The summed E-state index contributed by atoms with van der Waals surface area (Å²) in [5.74, 6) is 0.866. The van der Waals surface area contributed by atoms with Crippen molar-refractivity contribution in [1.29, 1.82) is 0 Å². The van der Waals surface area contributed by atoms with E-state index in [1.807, 2.05) is 38.1 Å². The van der Waals surface area contributed by atoms with Gasteiger partial charge in [-0.15, -0.1) is 11.8 Å². The molecule has 138 valence electrons. The van der Waals surface area contributed by atoms with Crippen molar-refractivity contribution in [2.24, 2.45) is 11.7 Å². The smallest absolute Gasteiger partial charge is 0.255 e. The summed E-state index contributed by atoms with van der Waals surface area (Å²) in [5, 5.41) is 3.98. The Kier molecular flexibility index (Phi) is 5.66. The first-order valence-electron chi connectivity index (χ1n) is 8.69. The van der Waals surface area contributed by atoms with E-state index in [2.05, 4.69) is 5.16 Å². The quantitative estimate of drug-likeness (QED) is 0.814. The summed E-state index contributed by atoms with van der Waals surface area (Å²) in [6.45, 7) is 4.87. The zero-order valence-electron chi connectivity index (χ0n) is 15.0. The Morgan fingerprint density at radius 3 is 2.81 bits per heavy atom. The molecular weight excluding hydrogens is 350 g/mol. The molecule has 6 nitrogen and oxygen atoms in total. The summed E-state index contributed by atoms with van der Waals surface area (Å²) in [6.07, 6.45) is 1.55. The first-order chi connectivity index (χ1) is 12.5. The van der Waals surface area contributed by atoms with Crippen LogP contribution in [0.25, 0.3) is 0 Å². The number of aromatic nitrogens is 1. The van der Waals surface area contributed by atoms with Crippen LogP contribution in [0, 0.1) is 19.8 Å². The van der Waals surface area contributed by atoms with Crippen LogP contribution in [0.3, 0.4) is 0 Å². The molecule has 0 aliphatic carbocycles. The number of nitrogens with two attached hydrogens (primary N) is 1. The van der Waals surface area contributed by atoms with Crippen LogP contribution >= 0.6 is 11.8 Å². The number of piperidine rings is 1. The van der Waals surface area contributed by atoms with E-state index in [1.54, 1.807) is 16.7 Å². The number of hydrogen-bond acceptors (Lipinski definition) is 5. The molecule has 1 atom stereocenters. The molecule has 2 amide bonds.